The number of carbonyl (C=O) groups is 2. The van der Waals surface area contributed by atoms with Crippen molar-refractivity contribution in [3.63, 3.8) is 0 Å². The molecule has 0 bridgehead atoms. The standard InChI is InChI=1S/C31H22Cl2N2O4S/c1-38-27-14-8-9-20(28(27)39-19-21-15-16-22(32)18-26(21)33)17-25-29(36)34(23-10-4-2-5-11-23)31(40)35(30(25)37)24-12-6-3-7-13-24/h2-18H,19H2,1H3. The van der Waals surface area contributed by atoms with Crippen LogP contribution in [0.25, 0.3) is 6.08 Å². The first-order valence-corrected chi connectivity index (χ1v) is 13.3. The number of anilines is 2. The number of hydrogen-bond donors (Lipinski definition) is 0. The van der Waals surface area contributed by atoms with Gasteiger partial charge in [0.15, 0.2) is 16.6 Å². The quantitative estimate of drug-likeness (QED) is 0.128. The second-order valence-corrected chi connectivity index (χ2v) is 9.90. The molecule has 1 aliphatic rings. The van der Waals surface area contributed by atoms with Crippen molar-refractivity contribution in [1.29, 1.82) is 0 Å². The van der Waals surface area contributed by atoms with E-state index >= 15 is 0 Å². The zero-order chi connectivity index (χ0) is 28.2. The molecule has 4 aromatic carbocycles. The van der Waals surface area contributed by atoms with Crippen molar-refractivity contribution < 1.29 is 19.1 Å². The number of hydrogen-bond acceptors (Lipinski definition) is 5. The molecule has 0 N–H and O–H groups in total. The number of para-hydroxylation sites is 3. The zero-order valence-corrected chi connectivity index (χ0v) is 23.5. The summed E-state index contributed by atoms with van der Waals surface area (Å²) in [6, 6.07) is 28.2. The van der Waals surface area contributed by atoms with Gasteiger partial charge in [0.2, 0.25) is 0 Å². The minimum absolute atomic E-state index is 0.0593. The fraction of sp³-hybridized carbons (Fsp3) is 0.0645. The molecule has 0 saturated carbocycles. The van der Waals surface area contributed by atoms with Gasteiger partial charge in [-0.2, -0.15) is 0 Å². The fourth-order valence-electron chi connectivity index (χ4n) is 4.24. The molecule has 1 saturated heterocycles. The summed E-state index contributed by atoms with van der Waals surface area (Å²) in [5.74, 6) is -0.342. The Kier molecular flexibility index (Phi) is 8.16. The Morgan fingerprint density at radius 2 is 1.40 bits per heavy atom. The highest BCUT2D eigenvalue weighted by Gasteiger charge is 2.41. The first-order valence-electron chi connectivity index (χ1n) is 12.2. The molecule has 1 heterocycles. The number of halogens is 2. The summed E-state index contributed by atoms with van der Waals surface area (Å²) in [5, 5.41) is 1.02. The normalized spacial score (nSPS) is 13.5. The number of amides is 2. The van der Waals surface area contributed by atoms with Gasteiger partial charge in [-0.15, -0.1) is 0 Å². The molecule has 5 rings (SSSR count). The van der Waals surface area contributed by atoms with Gasteiger partial charge in [-0.1, -0.05) is 77.8 Å². The first-order chi connectivity index (χ1) is 19.4. The van der Waals surface area contributed by atoms with Crippen LogP contribution in [0, 0.1) is 0 Å². The molecule has 0 radical (unpaired) electrons. The number of thiocarbonyl (C=S) groups is 1. The fourth-order valence-corrected chi connectivity index (χ4v) is 5.08. The Morgan fingerprint density at radius 1 is 0.800 bits per heavy atom. The van der Waals surface area contributed by atoms with Crippen molar-refractivity contribution in [3.8, 4) is 11.5 Å². The maximum Gasteiger partial charge on any atom is 0.270 e. The lowest BCUT2D eigenvalue weighted by Gasteiger charge is -2.36. The van der Waals surface area contributed by atoms with Crippen LogP contribution in [0.4, 0.5) is 11.4 Å². The molecule has 0 spiro atoms. The minimum Gasteiger partial charge on any atom is -0.493 e. The van der Waals surface area contributed by atoms with E-state index in [-0.39, 0.29) is 17.3 Å². The first kappa shape index (κ1) is 27.4. The highest BCUT2D eigenvalue weighted by molar-refractivity contribution is 7.81. The largest absolute Gasteiger partial charge is 0.493 e. The summed E-state index contributed by atoms with van der Waals surface area (Å²) in [6.07, 6.45) is 1.50. The van der Waals surface area contributed by atoms with Gasteiger partial charge >= 0.3 is 0 Å². The van der Waals surface area contributed by atoms with Crippen LogP contribution in [0.3, 0.4) is 0 Å². The second-order valence-electron chi connectivity index (χ2n) is 8.70. The molecule has 6 nitrogen and oxygen atoms in total. The average Bonchev–Trinajstić information content (AvgIpc) is 2.96. The van der Waals surface area contributed by atoms with Gasteiger partial charge in [-0.3, -0.25) is 19.4 Å². The summed E-state index contributed by atoms with van der Waals surface area (Å²) in [4.78, 5) is 30.4. The van der Waals surface area contributed by atoms with Gasteiger partial charge in [0.25, 0.3) is 11.8 Å². The van der Waals surface area contributed by atoms with E-state index in [9.17, 15) is 9.59 Å². The van der Waals surface area contributed by atoms with Crippen molar-refractivity contribution in [2.75, 3.05) is 16.9 Å². The molecule has 200 valence electrons. The molecule has 4 aromatic rings. The predicted octanol–water partition coefficient (Wildman–Crippen LogP) is 7.33. The third-order valence-electron chi connectivity index (χ3n) is 6.19. The zero-order valence-electron chi connectivity index (χ0n) is 21.2. The van der Waals surface area contributed by atoms with Gasteiger partial charge in [-0.25, -0.2) is 0 Å². The smallest absolute Gasteiger partial charge is 0.270 e. The number of carbonyl (C=O) groups excluding carboxylic acids is 2. The van der Waals surface area contributed by atoms with E-state index in [2.05, 4.69) is 0 Å². The molecule has 1 fully saturated rings. The lowest BCUT2D eigenvalue weighted by Crippen LogP contribution is -2.56. The van der Waals surface area contributed by atoms with Crippen LogP contribution in [0.2, 0.25) is 10.0 Å². The third kappa shape index (κ3) is 5.45. The lowest BCUT2D eigenvalue weighted by molar-refractivity contribution is -0.120. The Labute approximate surface area is 246 Å². The molecule has 0 aliphatic carbocycles. The summed E-state index contributed by atoms with van der Waals surface area (Å²) in [6.45, 7) is 0.102. The monoisotopic (exact) mass is 588 g/mol. The number of benzene rings is 4. The molecule has 2 amide bonds. The molecule has 40 heavy (non-hydrogen) atoms. The SMILES string of the molecule is COc1cccc(C=C2C(=O)N(c3ccccc3)C(=S)N(c3ccccc3)C2=O)c1OCc1ccc(Cl)cc1Cl. The molecule has 0 atom stereocenters. The number of methoxy groups -OCH3 is 1. The van der Waals surface area contributed by atoms with E-state index < -0.39 is 11.8 Å². The van der Waals surface area contributed by atoms with Gasteiger partial charge in [0.1, 0.15) is 12.2 Å². The maximum atomic E-state index is 13.9. The van der Waals surface area contributed by atoms with E-state index in [1.54, 1.807) is 84.9 Å². The third-order valence-corrected chi connectivity index (χ3v) is 7.15. The van der Waals surface area contributed by atoms with Crippen LogP contribution in [0.1, 0.15) is 11.1 Å². The Hall–Kier alpha value is -4.17. The summed E-state index contributed by atoms with van der Waals surface area (Å²) in [5.41, 5.74) is 2.16. The molecule has 9 heteroatoms. The van der Waals surface area contributed by atoms with Gasteiger partial charge in [-0.05, 0) is 60.8 Å². The summed E-state index contributed by atoms with van der Waals surface area (Å²) >= 11 is 18.1. The van der Waals surface area contributed by atoms with Gasteiger partial charge in [0, 0.05) is 21.2 Å². The Morgan fingerprint density at radius 3 is 1.95 bits per heavy atom. The predicted molar refractivity (Wildman–Crippen MR) is 162 cm³/mol. The van der Waals surface area contributed by atoms with Crippen molar-refractivity contribution in [2.45, 2.75) is 6.61 Å². The van der Waals surface area contributed by atoms with Crippen molar-refractivity contribution in [3.05, 3.63) is 124 Å². The average molecular weight is 590 g/mol. The Balaban J connectivity index is 1.60. The highest BCUT2D eigenvalue weighted by Crippen LogP contribution is 2.36. The van der Waals surface area contributed by atoms with Crippen LogP contribution < -0.4 is 19.3 Å². The number of rotatable bonds is 7. The van der Waals surface area contributed by atoms with Gasteiger partial charge in [0.05, 0.1) is 18.5 Å². The molecular weight excluding hydrogens is 567 g/mol. The lowest BCUT2D eigenvalue weighted by atomic mass is 10.0. The van der Waals surface area contributed by atoms with Crippen molar-refractivity contribution in [2.24, 2.45) is 0 Å². The molecule has 1 aliphatic heterocycles. The van der Waals surface area contributed by atoms with E-state index in [0.717, 1.165) is 0 Å². The van der Waals surface area contributed by atoms with Crippen LogP contribution in [0.5, 0.6) is 11.5 Å². The van der Waals surface area contributed by atoms with Gasteiger partial charge < -0.3 is 9.47 Å². The van der Waals surface area contributed by atoms with Crippen LogP contribution in [-0.2, 0) is 16.2 Å². The topological polar surface area (TPSA) is 59.1 Å². The van der Waals surface area contributed by atoms with E-state index in [1.165, 1.54) is 23.0 Å². The van der Waals surface area contributed by atoms with Crippen LogP contribution in [0.15, 0.2) is 103 Å². The van der Waals surface area contributed by atoms with Crippen molar-refractivity contribution >= 4 is 69.8 Å². The highest BCUT2D eigenvalue weighted by atomic mass is 35.5. The molecular formula is C31H22Cl2N2O4S. The molecule has 0 unspecified atom stereocenters. The maximum absolute atomic E-state index is 13.9. The Bertz CT molecular complexity index is 1560. The summed E-state index contributed by atoms with van der Waals surface area (Å²) in [7, 11) is 1.51. The van der Waals surface area contributed by atoms with E-state index in [1.807, 2.05) is 12.1 Å². The number of ether oxygens (including phenoxy) is 2. The molecule has 0 aromatic heterocycles. The second kappa shape index (κ2) is 11.9. The van der Waals surface area contributed by atoms with Crippen molar-refractivity contribution in [1.82, 2.24) is 0 Å². The minimum atomic E-state index is -0.553. The van der Waals surface area contributed by atoms with E-state index in [0.29, 0.717) is 44.0 Å². The van der Waals surface area contributed by atoms with E-state index in [4.69, 9.17) is 44.9 Å². The summed E-state index contributed by atoms with van der Waals surface area (Å²) < 4.78 is 11.7. The van der Waals surface area contributed by atoms with Crippen LogP contribution in [-0.4, -0.2) is 24.0 Å². The van der Waals surface area contributed by atoms with Crippen LogP contribution >= 0.6 is 35.4 Å². The number of nitrogens with zero attached hydrogens (tertiary/aromatic N) is 2.